The minimum atomic E-state index is 0. The smallest absolute Gasteiger partial charge is 0.227 e. The van der Waals surface area contributed by atoms with Gasteiger partial charge in [0.2, 0.25) is 5.91 Å². The molecule has 4 nitrogen and oxygen atoms in total. The fourth-order valence-electron chi connectivity index (χ4n) is 3.93. The number of benzene rings is 1. The van der Waals surface area contributed by atoms with Crippen LogP contribution in [-0.4, -0.2) is 38.6 Å². The van der Waals surface area contributed by atoms with Gasteiger partial charge in [-0.05, 0) is 56.8 Å². The zero-order valence-electron chi connectivity index (χ0n) is 15.2. The van der Waals surface area contributed by atoms with Crippen molar-refractivity contribution in [2.45, 2.75) is 33.1 Å². The van der Waals surface area contributed by atoms with E-state index in [4.69, 9.17) is 0 Å². The van der Waals surface area contributed by atoms with E-state index in [1.807, 2.05) is 11.0 Å². The van der Waals surface area contributed by atoms with Gasteiger partial charge >= 0.3 is 0 Å². The van der Waals surface area contributed by atoms with Crippen LogP contribution >= 0.6 is 24.8 Å². The van der Waals surface area contributed by atoms with Gasteiger partial charge in [-0.25, -0.2) is 0 Å². The summed E-state index contributed by atoms with van der Waals surface area (Å²) in [5.74, 6) is 1.37. The SMILES string of the molecule is CCN1CCN(C(=O)CC(C)C2CCCNC2)c2ccccc21.Cl.Cl. The van der Waals surface area contributed by atoms with Crippen LogP contribution in [0.1, 0.15) is 33.1 Å². The number of nitrogens with one attached hydrogen (secondary N) is 1. The number of piperidine rings is 1. The lowest BCUT2D eigenvalue weighted by molar-refractivity contribution is -0.119. The number of halogens is 2. The normalized spacial score (nSPS) is 20.8. The van der Waals surface area contributed by atoms with Crippen molar-refractivity contribution in [1.29, 1.82) is 0 Å². The summed E-state index contributed by atoms with van der Waals surface area (Å²) in [4.78, 5) is 17.3. The zero-order valence-corrected chi connectivity index (χ0v) is 16.9. The summed E-state index contributed by atoms with van der Waals surface area (Å²) >= 11 is 0. The number of fused-ring (bicyclic) bond motifs is 1. The van der Waals surface area contributed by atoms with Crippen molar-refractivity contribution in [1.82, 2.24) is 5.32 Å². The minimum Gasteiger partial charge on any atom is -0.368 e. The minimum absolute atomic E-state index is 0. The van der Waals surface area contributed by atoms with Crippen molar-refractivity contribution in [3.8, 4) is 0 Å². The molecule has 2 heterocycles. The summed E-state index contributed by atoms with van der Waals surface area (Å²) in [7, 11) is 0. The van der Waals surface area contributed by atoms with Crippen LogP contribution in [0.5, 0.6) is 0 Å². The molecule has 1 fully saturated rings. The van der Waals surface area contributed by atoms with Gasteiger partial charge in [-0.1, -0.05) is 19.1 Å². The lowest BCUT2D eigenvalue weighted by Gasteiger charge is -2.38. The van der Waals surface area contributed by atoms with Crippen LogP contribution in [0.25, 0.3) is 0 Å². The molecule has 1 N–H and O–H groups in total. The maximum absolute atomic E-state index is 12.9. The van der Waals surface area contributed by atoms with E-state index >= 15 is 0 Å². The van der Waals surface area contributed by atoms with Crippen molar-refractivity contribution in [3.05, 3.63) is 24.3 Å². The molecule has 1 aromatic carbocycles. The summed E-state index contributed by atoms with van der Waals surface area (Å²) in [5.41, 5.74) is 2.28. The van der Waals surface area contributed by atoms with E-state index in [0.29, 0.717) is 18.3 Å². The molecule has 0 aliphatic carbocycles. The Morgan fingerprint density at radius 1 is 1.24 bits per heavy atom. The molecule has 0 bridgehead atoms. The summed E-state index contributed by atoms with van der Waals surface area (Å²) in [6.45, 7) is 9.33. The molecule has 2 atom stereocenters. The van der Waals surface area contributed by atoms with Crippen molar-refractivity contribution < 1.29 is 4.79 Å². The second-order valence-electron chi connectivity index (χ2n) is 6.90. The number of carbonyl (C=O) groups excluding carboxylic acids is 1. The van der Waals surface area contributed by atoms with Gasteiger partial charge in [-0.2, -0.15) is 0 Å². The van der Waals surface area contributed by atoms with Crippen LogP contribution < -0.4 is 15.1 Å². The van der Waals surface area contributed by atoms with Crippen LogP contribution in [-0.2, 0) is 4.79 Å². The Kier molecular flexibility index (Phi) is 9.04. The molecule has 0 radical (unpaired) electrons. The van der Waals surface area contributed by atoms with Gasteiger partial charge in [-0.15, -0.1) is 24.8 Å². The largest absolute Gasteiger partial charge is 0.368 e. The average Bonchev–Trinajstić information content (AvgIpc) is 2.61. The number of rotatable bonds is 4. The van der Waals surface area contributed by atoms with Crippen LogP contribution in [0.2, 0.25) is 0 Å². The molecule has 0 spiro atoms. The molecule has 3 rings (SSSR count). The molecule has 142 valence electrons. The van der Waals surface area contributed by atoms with Crippen molar-refractivity contribution in [2.24, 2.45) is 11.8 Å². The Hall–Kier alpha value is -0.970. The van der Waals surface area contributed by atoms with Crippen molar-refractivity contribution >= 4 is 42.1 Å². The molecule has 2 aliphatic heterocycles. The number of hydrogen-bond donors (Lipinski definition) is 1. The van der Waals surface area contributed by atoms with Crippen LogP contribution in [0, 0.1) is 11.8 Å². The molecule has 2 aliphatic rings. The van der Waals surface area contributed by atoms with E-state index in [1.165, 1.54) is 18.5 Å². The number of carbonyl (C=O) groups is 1. The third-order valence-electron chi connectivity index (χ3n) is 5.43. The third-order valence-corrected chi connectivity index (χ3v) is 5.43. The van der Waals surface area contributed by atoms with E-state index in [2.05, 4.69) is 42.3 Å². The first-order valence-electron chi connectivity index (χ1n) is 9.05. The monoisotopic (exact) mass is 387 g/mol. The molecule has 2 unspecified atom stereocenters. The summed E-state index contributed by atoms with van der Waals surface area (Å²) in [5, 5.41) is 3.47. The lowest BCUT2D eigenvalue weighted by Crippen LogP contribution is -2.45. The van der Waals surface area contributed by atoms with E-state index in [1.54, 1.807) is 0 Å². The molecule has 1 amide bonds. The molecule has 1 saturated heterocycles. The third kappa shape index (κ3) is 5.02. The highest BCUT2D eigenvalue weighted by atomic mass is 35.5. The Balaban J connectivity index is 0.00000156. The summed E-state index contributed by atoms with van der Waals surface area (Å²) < 4.78 is 0. The quantitative estimate of drug-likeness (QED) is 0.854. The highest BCUT2D eigenvalue weighted by Crippen LogP contribution is 2.34. The molecule has 0 aromatic heterocycles. The first-order valence-corrected chi connectivity index (χ1v) is 9.05. The Morgan fingerprint density at radius 2 is 1.96 bits per heavy atom. The second kappa shape index (κ2) is 10.2. The molecule has 1 aromatic rings. The molecule has 0 saturated carbocycles. The van der Waals surface area contributed by atoms with Crippen LogP contribution in [0.4, 0.5) is 11.4 Å². The van der Waals surface area contributed by atoms with Crippen molar-refractivity contribution in [3.63, 3.8) is 0 Å². The van der Waals surface area contributed by atoms with Crippen LogP contribution in [0.3, 0.4) is 0 Å². The maximum atomic E-state index is 12.9. The molecule has 25 heavy (non-hydrogen) atoms. The standard InChI is InChI=1S/C19H29N3O.2ClH/c1-3-21-11-12-22(18-9-5-4-8-17(18)21)19(23)13-15(2)16-7-6-10-20-14-16;;/h4-5,8-9,15-16,20H,3,6-7,10-14H2,1-2H3;2*1H. The Morgan fingerprint density at radius 3 is 2.60 bits per heavy atom. The van der Waals surface area contributed by atoms with Crippen molar-refractivity contribution in [2.75, 3.05) is 42.5 Å². The highest BCUT2D eigenvalue weighted by molar-refractivity contribution is 5.98. The van der Waals surface area contributed by atoms with E-state index in [0.717, 1.165) is 38.4 Å². The number of hydrogen-bond acceptors (Lipinski definition) is 3. The van der Waals surface area contributed by atoms with Gasteiger partial charge in [0.25, 0.3) is 0 Å². The first kappa shape index (κ1) is 22.1. The molecular formula is C19H31Cl2N3O. The van der Waals surface area contributed by atoms with Gasteiger partial charge in [0.15, 0.2) is 0 Å². The number of para-hydroxylation sites is 2. The fourth-order valence-corrected chi connectivity index (χ4v) is 3.93. The summed E-state index contributed by atoms with van der Waals surface area (Å²) in [6, 6.07) is 8.31. The molecule has 6 heteroatoms. The van der Waals surface area contributed by atoms with Gasteiger partial charge < -0.3 is 15.1 Å². The lowest BCUT2D eigenvalue weighted by atomic mass is 9.85. The van der Waals surface area contributed by atoms with Crippen LogP contribution in [0.15, 0.2) is 24.3 Å². The first-order chi connectivity index (χ1) is 11.2. The maximum Gasteiger partial charge on any atom is 0.227 e. The number of amides is 1. The Labute approximate surface area is 164 Å². The van der Waals surface area contributed by atoms with E-state index in [-0.39, 0.29) is 30.7 Å². The van der Waals surface area contributed by atoms with Gasteiger partial charge in [-0.3, -0.25) is 4.79 Å². The number of nitrogens with zero attached hydrogens (tertiary/aromatic N) is 2. The fraction of sp³-hybridized carbons (Fsp3) is 0.632. The second-order valence-corrected chi connectivity index (χ2v) is 6.90. The van der Waals surface area contributed by atoms with Gasteiger partial charge in [0.1, 0.15) is 0 Å². The molecular weight excluding hydrogens is 357 g/mol. The van der Waals surface area contributed by atoms with E-state index in [9.17, 15) is 4.79 Å². The predicted octanol–water partition coefficient (Wildman–Crippen LogP) is 3.73. The zero-order chi connectivity index (χ0) is 16.2. The van der Waals surface area contributed by atoms with E-state index < -0.39 is 0 Å². The number of anilines is 2. The topological polar surface area (TPSA) is 35.6 Å². The highest BCUT2D eigenvalue weighted by Gasteiger charge is 2.29. The van der Waals surface area contributed by atoms with Gasteiger partial charge in [0, 0.05) is 26.1 Å². The number of likely N-dealkylation sites (N-methyl/N-ethyl adjacent to an activating group) is 1. The van der Waals surface area contributed by atoms with Gasteiger partial charge in [0.05, 0.1) is 11.4 Å². The predicted molar refractivity (Wildman–Crippen MR) is 111 cm³/mol. The summed E-state index contributed by atoms with van der Waals surface area (Å²) in [6.07, 6.45) is 3.15. The average molecular weight is 388 g/mol. The Bertz CT molecular complexity index is 549.